The molecule has 4 N–H and O–H groups in total. The molecule has 1 amide bonds. The lowest BCUT2D eigenvalue weighted by Gasteiger charge is -2.28. The Morgan fingerprint density at radius 2 is 1.90 bits per heavy atom. The molecule has 0 heterocycles. The minimum atomic E-state index is -1.03. The number of hydrogen-bond acceptors (Lipinski definition) is 3. The van der Waals surface area contributed by atoms with Gasteiger partial charge in [-0.05, 0) is 30.2 Å². The number of benzene rings is 2. The predicted octanol–water partition coefficient (Wildman–Crippen LogP) is 1.88. The second-order valence-electron chi connectivity index (χ2n) is 4.88. The maximum Gasteiger partial charge on any atom is 0.242 e. The molecule has 1 atom stereocenters. The van der Waals surface area contributed by atoms with Crippen molar-refractivity contribution >= 4 is 5.91 Å². The van der Waals surface area contributed by atoms with Crippen molar-refractivity contribution in [2.45, 2.75) is 19.0 Å². The molecule has 104 valence electrons. The Morgan fingerprint density at radius 3 is 2.50 bits per heavy atom. The van der Waals surface area contributed by atoms with E-state index in [2.05, 4.69) is 5.32 Å². The van der Waals surface area contributed by atoms with Crippen LogP contribution >= 0.6 is 0 Å². The first-order chi connectivity index (χ1) is 9.52. The van der Waals surface area contributed by atoms with Crippen LogP contribution in [0.15, 0.2) is 54.6 Å². The van der Waals surface area contributed by atoms with Crippen molar-refractivity contribution in [2.24, 2.45) is 5.73 Å². The van der Waals surface area contributed by atoms with E-state index in [0.29, 0.717) is 12.1 Å². The van der Waals surface area contributed by atoms with E-state index in [0.717, 1.165) is 5.56 Å². The lowest BCUT2D eigenvalue weighted by Crippen LogP contribution is -2.50. The van der Waals surface area contributed by atoms with Gasteiger partial charge in [-0.25, -0.2) is 0 Å². The second kappa shape index (κ2) is 5.75. The van der Waals surface area contributed by atoms with Crippen molar-refractivity contribution in [1.29, 1.82) is 0 Å². The predicted molar refractivity (Wildman–Crippen MR) is 77.9 cm³/mol. The largest absolute Gasteiger partial charge is 0.508 e. The molecular formula is C16H18N2O2. The molecule has 2 aromatic rings. The highest BCUT2D eigenvalue weighted by Crippen LogP contribution is 2.24. The number of primary amides is 1. The Morgan fingerprint density at radius 1 is 1.20 bits per heavy atom. The lowest BCUT2D eigenvalue weighted by molar-refractivity contribution is -0.124. The minimum absolute atomic E-state index is 0.108. The third kappa shape index (κ3) is 2.97. The second-order valence-corrected chi connectivity index (χ2v) is 4.88. The number of carbonyl (C=O) groups is 1. The molecule has 0 aliphatic rings. The maximum atomic E-state index is 11.8. The topological polar surface area (TPSA) is 75.3 Å². The van der Waals surface area contributed by atoms with Crippen LogP contribution in [0.25, 0.3) is 0 Å². The number of nitrogens with two attached hydrogens (primary N) is 1. The van der Waals surface area contributed by atoms with Gasteiger partial charge in [-0.3, -0.25) is 10.1 Å². The Kier molecular flexibility index (Phi) is 4.05. The van der Waals surface area contributed by atoms with E-state index in [-0.39, 0.29) is 5.75 Å². The summed E-state index contributed by atoms with van der Waals surface area (Å²) in [4.78, 5) is 11.8. The summed E-state index contributed by atoms with van der Waals surface area (Å²) >= 11 is 0. The zero-order valence-electron chi connectivity index (χ0n) is 11.3. The van der Waals surface area contributed by atoms with Gasteiger partial charge in [0.25, 0.3) is 0 Å². The number of nitrogens with one attached hydrogen (secondary N) is 1. The quantitative estimate of drug-likeness (QED) is 0.776. The Bertz CT molecular complexity index is 598. The molecule has 0 radical (unpaired) electrons. The highest BCUT2D eigenvalue weighted by atomic mass is 16.3. The average molecular weight is 270 g/mol. The van der Waals surface area contributed by atoms with Gasteiger partial charge in [-0.15, -0.1) is 0 Å². The zero-order valence-corrected chi connectivity index (χ0v) is 11.3. The van der Waals surface area contributed by atoms with Crippen LogP contribution in [0, 0.1) is 0 Å². The van der Waals surface area contributed by atoms with Crippen LogP contribution < -0.4 is 11.1 Å². The van der Waals surface area contributed by atoms with E-state index in [4.69, 9.17) is 5.73 Å². The molecular weight excluding hydrogens is 252 g/mol. The van der Waals surface area contributed by atoms with Gasteiger partial charge in [0.05, 0.1) is 0 Å². The van der Waals surface area contributed by atoms with Crippen molar-refractivity contribution in [2.75, 3.05) is 0 Å². The Balaban J connectivity index is 2.24. The number of carbonyl (C=O) groups excluding carboxylic acids is 1. The van der Waals surface area contributed by atoms with Gasteiger partial charge >= 0.3 is 0 Å². The molecule has 0 aromatic heterocycles. The fourth-order valence-corrected chi connectivity index (χ4v) is 2.02. The normalized spacial score (nSPS) is 13.7. The van der Waals surface area contributed by atoms with Crippen LogP contribution in [0.2, 0.25) is 0 Å². The van der Waals surface area contributed by atoms with Crippen LogP contribution in [0.3, 0.4) is 0 Å². The smallest absolute Gasteiger partial charge is 0.242 e. The maximum absolute atomic E-state index is 11.8. The van der Waals surface area contributed by atoms with Crippen molar-refractivity contribution in [3.05, 3.63) is 65.7 Å². The number of phenolic OH excluding ortho intramolecular Hbond substituents is 1. The average Bonchev–Trinajstić information content (AvgIpc) is 2.45. The van der Waals surface area contributed by atoms with E-state index >= 15 is 0 Å². The van der Waals surface area contributed by atoms with Crippen LogP contribution in [-0.4, -0.2) is 11.0 Å². The first-order valence-corrected chi connectivity index (χ1v) is 6.41. The van der Waals surface area contributed by atoms with Crippen molar-refractivity contribution < 1.29 is 9.90 Å². The molecule has 0 saturated carbocycles. The summed E-state index contributed by atoms with van der Waals surface area (Å²) in [5, 5.41) is 12.7. The SMILES string of the molecule is CC(NCc1ccccc1)(C(N)=O)c1cccc(O)c1. The third-order valence-corrected chi connectivity index (χ3v) is 3.41. The monoisotopic (exact) mass is 270 g/mol. The van der Waals surface area contributed by atoms with Crippen molar-refractivity contribution in [3.63, 3.8) is 0 Å². The Hall–Kier alpha value is -2.33. The summed E-state index contributed by atoms with van der Waals surface area (Å²) < 4.78 is 0. The van der Waals surface area contributed by atoms with Crippen LogP contribution in [0.4, 0.5) is 0 Å². The van der Waals surface area contributed by atoms with Gasteiger partial charge in [0.1, 0.15) is 11.3 Å². The number of amides is 1. The molecule has 2 rings (SSSR count). The molecule has 0 fully saturated rings. The van der Waals surface area contributed by atoms with Crippen molar-refractivity contribution in [1.82, 2.24) is 5.32 Å². The van der Waals surface area contributed by atoms with Crippen molar-refractivity contribution in [3.8, 4) is 5.75 Å². The highest BCUT2D eigenvalue weighted by Gasteiger charge is 2.32. The van der Waals surface area contributed by atoms with E-state index in [1.165, 1.54) is 0 Å². The minimum Gasteiger partial charge on any atom is -0.508 e. The molecule has 0 aliphatic carbocycles. The molecule has 0 saturated heterocycles. The highest BCUT2D eigenvalue weighted by molar-refractivity contribution is 5.85. The Labute approximate surface area is 118 Å². The third-order valence-electron chi connectivity index (χ3n) is 3.41. The van der Waals surface area contributed by atoms with Gasteiger partial charge in [0, 0.05) is 6.54 Å². The number of phenols is 1. The summed E-state index contributed by atoms with van der Waals surface area (Å²) in [5.41, 5.74) is 6.20. The molecule has 4 heteroatoms. The zero-order chi connectivity index (χ0) is 14.6. The molecule has 4 nitrogen and oxygen atoms in total. The summed E-state index contributed by atoms with van der Waals surface area (Å²) in [7, 11) is 0. The first kappa shape index (κ1) is 14.1. The molecule has 0 spiro atoms. The van der Waals surface area contributed by atoms with E-state index < -0.39 is 11.4 Å². The van der Waals surface area contributed by atoms with Gasteiger partial charge in [-0.2, -0.15) is 0 Å². The van der Waals surface area contributed by atoms with Gasteiger partial charge in [-0.1, -0.05) is 42.5 Å². The molecule has 2 aromatic carbocycles. The fourth-order valence-electron chi connectivity index (χ4n) is 2.02. The summed E-state index contributed by atoms with van der Waals surface area (Å²) in [6, 6.07) is 16.3. The number of aromatic hydroxyl groups is 1. The molecule has 1 unspecified atom stereocenters. The van der Waals surface area contributed by atoms with E-state index in [1.807, 2.05) is 30.3 Å². The summed E-state index contributed by atoms with van der Waals surface area (Å²) in [5.74, 6) is -0.379. The fraction of sp³-hybridized carbons (Fsp3) is 0.188. The van der Waals surface area contributed by atoms with Crippen LogP contribution in [-0.2, 0) is 16.9 Å². The summed E-state index contributed by atoms with van der Waals surface area (Å²) in [6.07, 6.45) is 0. The summed E-state index contributed by atoms with van der Waals surface area (Å²) in [6.45, 7) is 2.23. The first-order valence-electron chi connectivity index (χ1n) is 6.41. The van der Waals surface area contributed by atoms with Crippen LogP contribution in [0.1, 0.15) is 18.1 Å². The van der Waals surface area contributed by atoms with E-state index in [1.54, 1.807) is 31.2 Å². The van der Waals surface area contributed by atoms with Gasteiger partial charge < -0.3 is 10.8 Å². The van der Waals surface area contributed by atoms with E-state index in [9.17, 15) is 9.90 Å². The number of rotatable bonds is 5. The molecule has 0 bridgehead atoms. The molecule has 0 aliphatic heterocycles. The lowest BCUT2D eigenvalue weighted by atomic mass is 9.90. The van der Waals surface area contributed by atoms with Gasteiger partial charge in [0.15, 0.2) is 0 Å². The van der Waals surface area contributed by atoms with Gasteiger partial charge in [0.2, 0.25) is 5.91 Å². The number of hydrogen-bond donors (Lipinski definition) is 3. The molecule has 20 heavy (non-hydrogen) atoms. The standard InChI is InChI=1S/C16H18N2O2/c1-16(15(17)20,13-8-5-9-14(19)10-13)18-11-12-6-3-2-4-7-12/h2-10,18-19H,11H2,1H3,(H2,17,20). The van der Waals surface area contributed by atoms with Crippen LogP contribution in [0.5, 0.6) is 5.75 Å².